The van der Waals surface area contributed by atoms with Crippen LogP contribution in [0.3, 0.4) is 0 Å². The highest BCUT2D eigenvalue weighted by atomic mass is 16.5. The van der Waals surface area contributed by atoms with Gasteiger partial charge in [-0.15, -0.1) is 0 Å². The van der Waals surface area contributed by atoms with Crippen molar-refractivity contribution >= 4 is 0 Å². The Hall–Kier alpha value is -1.42. The predicted octanol–water partition coefficient (Wildman–Crippen LogP) is 0.613. The summed E-state index contributed by atoms with van der Waals surface area (Å²) in [5.74, 6) is 6.16. The first-order valence-electron chi connectivity index (χ1n) is 9.01. The lowest BCUT2D eigenvalue weighted by molar-refractivity contribution is -0.237. The van der Waals surface area contributed by atoms with E-state index in [4.69, 9.17) is 4.74 Å². The van der Waals surface area contributed by atoms with Crippen LogP contribution in [0.25, 0.3) is 0 Å². The molecule has 1 aromatic rings. The summed E-state index contributed by atoms with van der Waals surface area (Å²) in [7, 11) is 0. The van der Waals surface area contributed by atoms with Crippen molar-refractivity contribution in [2.45, 2.75) is 62.6 Å². The number of benzene rings is 1. The molecule has 5 nitrogen and oxygen atoms in total. The molecule has 1 saturated heterocycles. The van der Waals surface area contributed by atoms with Crippen molar-refractivity contribution in [2.24, 2.45) is 5.92 Å². The lowest BCUT2D eigenvalue weighted by Crippen LogP contribution is -2.60. The van der Waals surface area contributed by atoms with Crippen LogP contribution in [0.2, 0.25) is 0 Å². The van der Waals surface area contributed by atoms with Gasteiger partial charge in [-0.1, -0.05) is 42.9 Å². The monoisotopic (exact) mass is 346 g/mol. The van der Waals surface area contributed by atoms with E-state index < -0.39 is 37.1 Å². The molecule has 25 heavy (non-hydrogen) atoms. The Labute approximate surface area is 148 Å². The largest absolute Gasteiger partial charge is 0.394 e. The molecule has 1 aromatic carbocycles. The maximum atomic E-state index is 10.4. The SMILES string of the molecule is OC[C@H]1O[C@@H](C2C#Cc3ccccc3CCCCC2)[C@H](O)[C@@H](O)[C@@H]1O. The van der Waals surface area contributed by atoms with E-state index in [1.54, 1.807) is 0 Å². The van der Waals surface area contributed by atoms with Crippen molar-refractivity contribution in [3.8, 4) is 11.8 Å². The standard InChI is InChI=1S/C20H26O5/c21-12-16-17(22)18(23)19(24)20(25-16)15-9-3-1-2-6-13-7-4-5-8-14(13)10-11-15/h4-5,7-8,15-24H,1-3,6,9,12H2/t15?,16-,17-,18+,19-,20+/m1/s1. The molecule has 1 aliphatic heterocycles. The molecule has 1 heterocycles. The van der Waals surface area contributed by atoms with Crippen LogP contribution in [0.5, 0.6) is 0 Å². The van der Waals surface area contributed by atoms with E-state index >= 15 is 0 Å². The van der Waals surface area contributed by atoms with Gasteiger partial charge in [-0.05, 0) is 30.9 Å². The third-order valence-corrected chi connectivity index (χ3v) is 5.20. The second kappa shape index (κ2) is 8.31. The Morgan fingerprint density at radius 3 is 2.60 bits per heavy atom. The van der Waals surface area contributed by atoms with Crippen LogP contribution in [-0.2, 0) is 11.2 Å². The van der Waals surface area contributed by atoms with E-state index in [-0.39, 0.29) is 5.92 Å². The van der Waals surface area contributed by atoms with Crippen molar-refractivity contribution in [3.05, 3.63) is 35.4 Å². The summed E-state index contributed by atoms with van der Waals surface area (Å²) in [6, 6.07) is 8.06. The van der Waals surface area contributed by atoms with Gasteiger partial charge in [0.15, 0.2) is 0 Å². The molecule has 3 rings (SSSR count). The van der Waals surface area contributed by atoms with Gasteiger partial charge in [-0.25, -0.2) is 0 Å². The smallest absolute Gasteiger partial charge is 0.111 e. The van der Waals surface area contributed by atoms with Crippen LogP contribution in [0.4, 0.5) is 0 Å². The highest BCUT2D eigenvalue weighted by Crippen LogP contribution is 2.29. The van der Waals surface area contributed by atoms with Crippen molar-refractivity contribution < 1.29 is 25.2 Å². The molecule has 0 saturated carbocycles. The number of hydrogen-bond acceptors (Lipinski definition) is 5. The van der Waals surface area contributed by atoms with E-state index in [0.29, 0.717) is 0 Å². The first-order valence-corrected chi connectivity index (χ1v) is 9.01. The maximum Gasteiger partial charge on any atom is 0.111 e. The quantitative estimate of drug-likeness (QED) is 0.589. The Bertz CT molecular complexity index is 632. The zero-order valence-corrected chi connectivity index (χ0v) is 14.2. The average Bonchev–Trinajstić information content (AvgIpc) is 2.64. The van der Waals surface area contributed by atoms with Gasteiger partial charge in [-0.2, -0.15) is 0 Å². The number of aliphatic hydroxyl groups excluding tert-OH is 4. The summed E-state index contributed by atoms with van der Waals surface area (Å²) < 4.78 is 5.71. The van der Waals surface area contributed by atoms with Gasteiger partial charge in [-0.3, -0.25) is 0 Å². The number of aliphatic hydroxyl groups is 4. The summed E-state index contributed by atoms with van der Waals surface area (Å²) in [4.78, 5) is 0. The molecule has 4 N–H and O–H groups in total. The fourth-order valence-electron chi connectivity index (χ4n) is 3.67. The Morgan fingerprint density at radius 2 is 1.80 bits per heavy atom. The van der Waals surface area contributed by atoms with Crippen molar-refractivity contribution in [1.29, 1.82) is 0 Å². The molecule has 0 spiro atoms. The highest BCUT2D eigenvalue weighted by molar-refractivity contribution is 5.42. The number of aryl methyl sites for hydroxylation is 1. The van der Waals surface area contributed by atoms with E-state index in [1.807, 2.05) is 18.2 Å². The number of ether oxygens (including phenoxy) is 1. The van der Waals surface area contributed by atoms with Crippen LogP contribution in [0.1, 0.15) is 36.8 Å². The van der Waals surface area contributed by atoms with E-state index in [1.165, 1.54) is 5.56 Å². The first-order chi connectivity index (χ1) is 12.1. The molecule has 6 atom stereocenters. The van der Waals surface area contributed by atoms with Crippen LogP contribution in [0, 0.1) is 17.8 Å². The predicted molar refractivity (Wildman–Crippen MR) is 92.7 cm³/mol. The van der Waals surface area contributed by atoms with E-state index in [2.05, 4.69) is 17.9 Å². The third kappa shape index (κ3) is 4.05. The van der Waals surface area contributed by atoms with Crippen LogP contribution < -0.4 is 0 Å². The Balaban J connectivity index is 1.88. The molecule has 0 bridgehead atoms. The molecule has 0 amide bonds. The summed E-state index contributed by atoms with van der Waals surface area (Å²) in [5, 5.41) is 39.8. The second-order valence-electron chi connectivity index (χ2n) is 6.93. The van der Waals surface area contributed by atoms with Gasteiger partial charge in [0.25, 0.3) is 0 Å². The molecule has 1 unspecified atom stereocenters. The zero-order chi connectivity index (χ0) is 17.8. The minimum absolute atomic E-state index is 0.266. The first kappa shape index (κ1) is 18.4. The van der Waals surface area contributed by atoms with Crippen molar-refractivity contribution in [1.82, 2.24) is 0 Å². The molecule has 1 aliphatic carbocycles. The van der Waals surface area contributed by atoms with E-state index in [9.17, 15) is 20.4 Å². The highest BCUT2D eigenvalue weighted by Gasteiger charge is 2.45. The van der Waals surface area contributed by atoms with Crippen molar-refractivity contribution in [2.75, 3.05) is 6.61 Å². The maximum absolute atomic E-state index is 10.4. The summed E-state index contributed by atoms with van der Waals surface area (Å²) in [6.45, 7) is -0.412. The number of rotatable bonds is 2. The fourth-order valence-corrected chi connectivity index (χ4v) is 3.67. The van der Waals surface area contributed by atoms with Gasteiger partial charge in [0.2, 0.25) is 0 Å². The normalized spacial score (nSPS) is 36.0. The lowest BCUT2D eigenvalue weighted by Gasteiger charge is -2.42. The number of fused-ring (bicyclic) bond motifs is 1. The molecule has 5 heteroatoms. The average molecular weight is 346 g/mol. The van der Waals surface area contributed by atoms with Crippen molar-refractivity contribution in [3.63, 3.8) is 0 Å². The molecule has 1 fully saturated rings. The van der Waals surface area contributed by atoms with Gasteiger partial charge in [0, 0.05) is 11.5 Å². The Morgan fingerprint density at radius 1 is 1.00 bits per heavy atom. The lowest BCUT2D eigenvalue weighted by atomic mass is 9.84. The molecule has 0 aromatic heterocycles. The molecular formula is C20H26O5. The zero-order valence-electron chi connectivity index (χ0n) is 14.2. The van der Waals surface area contributed by atoms with Crippen LogP contribution >= 0.6 is 0 Å². The molecule has 136 valence electrons. The third-order valence-electron chi connectivity index (χ3n) is 5.20. The number of hydrogen-bond donors (Lipinski definition) is 4. The van der Waals surface area contributed by atoms with Gasteiger partial charge in [0.1, 0.15) is 30.5 Å². The second-order valence-corrected chi connectivity index (χ2v) is 6.93. The molecule has 0 radical (unpaired) electrons. The van der Waals surface area contributed by atoms with Gasteiger partial charge < -0.3 is 25.2 Å². The minimum Gasteiger partial charge on any atom is -0.394 e. The van der Waals surface area contributed by atoms with Crippen LogP contribution in [0.15, 0.2) is 24.3 Å². The van der Waals surface area contributed by atoms with Crippen LogP contribution in [-0.4, -0.2) is 57.6 Å². The fraction of sp³-hybridized carbons (Fsp3) is 0.600. The molecular weight excluding hydrogens is 320 g/mol. The summed E-state index contributed by atoms with van der Waals surface area (Å²) >= 11 is 0. The van der Waals surface area contributed by atoms with E-state index in [0.717, 1.165) is 37.7 Å². The topological polar surface area (TPSA) is 90.2 Å². The van der Waals surface area contributed by atoms with Gasteiger partial charge >= 0.3 is 0 Å². The summed E-state index contributed by atoms with van der Waals surface area (Å²) in [6.07, 6.45) is -0.656. The minimum atomic E-state index is -1.35. The summed E-state index contributed by atoms with van der Waals surface area (Å²) in [5.41, 5.74) is 2.21. The van der Waals surface area contributed by atoms with Gasteiger partial charge in [0.05, 0.1) is 6.61 Å². The Kier molecular flexibility index (Phi) is 6.10. The molecule has 2 aliphatic rings.